The summed E-state index contributed by atoms with van der Waals surface area (Å²) in [6.07, 6.45) is 0.839. The zero-order valence-electron chi connectivity index (χ0n) is 11.9. The van der Waals surface area contributed by atoms with E-state index in [0.29, 0.717) is 18.7 Å². The monoisotopic (exact) mass is 266 g/mol. The fraction of sp³-hybridized carbons (Fsp3) is 0.600. The fourth-order valence-corrected chi connectivity index (χ4v) is 2.52. The standard InChI is InChI=1S/C15H23FN2O/c1-10(17)6-13-4-5-15(14(16)7-13)18-8-12(3)19-9-11(18)2/h4-5,7,10-12H,6,8-9,17H2,1-3H3. The molecule has 1 saturated heterocycles. The first kappa shape index (κ1) is 14.3. The van der Waals surface area contributed by atoms with E-state index in [1.807, 2.05) is 26.0 Å². The van der Waals surface area contributed by atoms with Gasteiger partial charge in [0.2, 0.25) is 0 Å². The van der Waals surface area contributed by atoms with Gasteiger partial charge in [-0.15, -0.1) is 0 Å². The van der Waals surface area contributed by atoms with Crippen LogP contribution in [0.4, 0.5) is 10.1 Å². The van der Waals surface area contributed by atoms with Gasteiger partial charge in [-0.25, -0.2) is 4.39 Å². The smallest absolute Gasteiger partial charge is 0.146 e. The van der Waals surface area contributed by atoms with E-state index < -0.39 is 0 Å². The van der Waals surface area contributed by atoms with Crippen molar-refractivity contribution in [2.75, 3.05) is 18.1 Å². The summed E-state index contributed by atoms with van der Waals surface area (Å²) in [6, 6.07) is 5.68. The molecule has 3 nitrogen and oxygen atoms in total. The van der Waals surface area contributed by atoms with Crippen LogP contribution in [0, 0.1) is 5.82 Å². The van der Waals surface area contributed by atoms with Gasteiger partial charge in [-0.05, 0) is 44.9 Å². The maximum Gasteiger partial charge on any atom is 0.146 e. The molecule has 3 atom stereocenters. The molecule has 2 N–H and O–H groups in total. The van der Waals surface area contributed by atoms with Gasteiger partial charge < -0.3 is 15.4 Å². The SMILES string of the molecule is CC(N)Cc1ccc(N2CC(C)OCC2C)c(F)c1. The van der Waals surface area contributed by atoms with Crippen molar-refractivity contribution < 1.29 is 9.13 Å². The molecular weight excluding hydrogens is 243 g/mol. The molecule has 2 rings (SSSR count). The number of rotatable bonds is 3. The van der Waals surface area contributed by atoms with E-state index in [2.05, 4.69) is 11.8 Å². The number of nitrogens with zero attached hydrogens (tertiary/aromatic N) is 1. The minimum absolute atomic E-state index is 0.0487. The molecule has 3 unspecified atom stereocenters. The molecule has 1 aliphatic rings. The molecule has 0 aromatic heterocycles. The number of anilines is 1. The molecule has 106 valence electrons. The highest BCUT2D eigenvalue weighted by Crippen LogP contribution is 2.26. The molecule has 1 fully saturated rings. The van der Waals surface area contributed by atoms with Crippen LogP contribution in [0.3, 0.4) is 0 Å². The van der Waals surface area contributed by atoms with E-state index in [1.54, 1.807) is 6.07 Å². The van der Waals surface area contributed by atoms with Crippen LogP contribution in [-0.4, -0.2) is 31.3 Å². The molecule has 1 heterocycles. The Morgan fingerprint density at radius 2 is 2.21 bits per heavy atom. The molecule has 1 aromatic carbocycles. The molecule has 0 bridgehead atoms. The lowest BCUT2D eigenvalue weighted by molar-refractivity contribution is 0.0341. The number of nitrogens with two attached hydrogens (primary N) is 1. The van der Waals surface area contributed by atoms with Crippen molar-refractivity contribution in [3.05, 3.63) is 29.6 Å². The summed E-state index contributed by atoms with van der Waals surface area (Å²) in [6.45, 7) is 7.37. The number of halogens is 1. The van der Waals surface area contributed by atoms with Crippen LogP contribution in [0.5, 0.6) is 0 Å². The number of ether oxygens (including phenoxy) is 1. The Kier molecular flexibility index (Phi) is 4.42. The summed E-state index contributed by atoms with van der Waals surface area (Å²) in [5, 5.41) is 0. The second kappa shape index (κ2) is 5.88. The lowest BCUT2D eigenvalue weighted by Crippen LogP contribution is -2.47. The van der Waals surface area contributed by atoms with Crippen LogP contribution >= 0.6 is 0 Å². The zero-order chi connectivity index (χ0) is 14.0. The molecule has 4 heteroatoms. The van der Waals surface area contributed by atoms with E-state index >= 15 is 0 Å². The van der Waals surface area contributed by atoms with Crippen molar-refractivity contribution in [3.8, 4) is 0 Å². The van der Waals surface area contributed by atoms with E-state index in [4.69, 9.17) is 10.5 Å². The molecule has 1 aromatic rings. The topological polar surface area (TPSA) is 38.5 Å². The highest BCUT2D eigenvalue weighted by Gasteiger charge is 2.25. The average Bonchev–Trinajstić information content (AvgIpc) is 2.32. The second-order valence-corrected chi connectivity index (χ2v) is 5.61. The van der Waals surface area contributed by atoms with Gasteiger partial charge in [0.25, 0.3) is 0 Å². The summed E-state index contributed by atoms with van der Waals surface area (Å²) in [5.41, 5.74) is 7.36. The minimum Gasteiger partial charge on any atom is -0.375 e. The first-order chi connectivity index (χ1) is 8.97. The van der Waals surface area contributed by atoms with Crippen LogP contribution in [-0.2, 0) is 11.2 Å². The third kappa shape index (κ3) is 3.45. The van der Waals surface area contributed by atoms with Crippen LogP contribution in [0.15, 0.2) is 18.2 Å². The summed E-state index contributed by atoms with van der Waals surface area (Å²) in [4.78, 5) is 2.08. The minimum atomic E-state index is -0.167. The highest BCUT2D eigenvalue weighted by molar-refractivity contribution is 5.50. The number of hydrogen-bond acceptors (Lipinski definition) is 3. The number of benzene rings is 1. The maximum absolute atomic E-state index is 14.3. The fourth-order valence-electron chi connectivity index (χ4n) is 2.52. The van der Waals surface area contributed by atoms with Crippen molar-refractivity contribution in [1.29, 1.82) is 0 Å². The third-order valence-electron chi connectivity index (χ3n) is 3.49. The first-order valence-electron chi connectivity index (χ1n) is 6.89. The maximum atomic E-state index is 14.3. The van der Waals surface area contributed by atoms with Crippen molar-refractivity contribution in [1.82, 2.24) is 0 Å². The molecule has 19 heavy (non-hydrogen) atoms. The second-order valence-electron chi connectivity index (χ2n) is 5.61. The molecule has 0 radical (unpaired) electrons. The van der Waals surface area contributed by atoms with Gasteiger partial charge in [0, 0.05) is 18.6 Å². The lowest BCUT2D eigenvalue weighted by atomic mass is 10.1. The zero-order valence-corrected chi connectivity index (χ0v) is 11.9. The van der Waals surface area contributed by atoms with Gasteiger partial charge in [-0.2, -0.15) is 0 Å². The molecule has 0 aliphatic carbocycles. The summed E-state index contributed by atoms with van der Waals surface area (Å²) < 4.78 is 19.8. The van der Waals surface area contributed by atoms with Gasteiger partial charge in [-0.3, -0.25) is 0 Å². The Morgan fingerprint density at radius 1 is 1.47 bits per heavy atom. The lowest BCUT2D eigenvalue weighted by Gasteiger charge is -2.38. The van der Waals surface area contributed by atoms with E-state index in [0.717, 1.165) is 12.1 Å². The van der Waals surface area contributed by atoms with Crippen LogP contribution in [0.25, 0.3) is 0 Å². The van der Waals surface area contributed by atoms with Gasteiger partial charge in [0.1, 0.15) is 5.82 Å². The summed E-state index contributed by atoms with van der Waals surface area (Å²) >= 11 is 0. The van der Waals surface area contributed by atoms with E-state index in [1.165, 1.54) is 0 Å². The highest BCUT2D eigenvalue weighted by atomic mass is 19.1. The molecule has 0 spiro atoms. The van der Waals surface area contributed by atoms with Crippen LogP contribution < -0.4 is 10.6 Å². The normalized spacial score (nSPS) is 25.4. The van der Waals surface area contributed by atoms with Crippen molar-refractivity contribution >= 4 is 5.69 Å². The Balaban J connectivity index is 2.20. The molecule has 0 amide bonds. The Morgan fingerprint density at radius 3 is 2.84 bits per heavy atom. The number of hydrogen-bond donors (Lipinski definition) is 1. The first-order valence-corrected chi connectivity index (χ1v) is 6.89. The van der Waals surface area contributed by atoms with E-state index in [-0.39, 0.29) is 24.0 Å². The van der Waals surface area contributed by atoms with Crippen LogP contribution in [0.2, 0.25) is 0 Å². The molecule has 0 saturated carbocycles. The Labute approximate surface area is 114 Å². The van der Waals surface area contributed by atoms with Gasteiger partial charge >= 0.3 is 0 Å². The molecular formula is C15H23FN2O. The largest absolute Gasteiger partial charge is 0.375 e. The van der Waals surface area contributed by atoms with Crippen molar-refractivity contribution in [2.45, 2.75) is 45.4 Å². The average molecular weight is 266 g/mol. The van der Waals surface area contributed by atoms with Gasteiger partial charge in [0.05, 0.1) is 18.4 Å². The molecule has 1 aliphatic heterocycles. The van der Waals surface area contributed by atoms with Gasteiger partial charge in [-0.1, -0.05) is 6.07 Å². The predicted octanol–water partition coefficient (Wildman–Crippen LogP) is 2.33. The van der Waals surface area contributed by atoms with Gasteiger partial charge in [0.15, 0.2) is 0 Å². The number of morpholine rings is 1. The van der Waals surface area contributed by atoms with Crippen molar-refractivity contribution in [3.63, 3.8) is 0 Å². The summed E-state index contributed by atoms with van der Waals surface area (Å²) in [7, 11) is 0. The summed E-state index contributed by atoms with van der Waals surface area (Å²) in [5.74, 6) is -0.167. The van der Waals surface area contributed by atoms with E-state index in [9.17, 15) is 4.39 Å². The predicted molar refractivity (Wildman–Crippen MR) is 76.0 cm³/mol. The Bertz CT molecular complexity index is 436. The van der Waals surface area contributed by atoms with Crippen molar-refractivity contribution in [2.24, 2.45) is 5.73 Å². The quantitative estimate of drug-likeness (QED) is 0.912. The van der Waals surface area contributed by atoms with Crippen LogP contribution in [0.1, 0.15) is 26.3 Å². The third-order valence-corrected chi connectivity index (χ3v) is 3.49. The Hall–Kier alpha value is -1.13.